The summed E-state index contributed by atoms with van der Waals surface area (Å²) in [7, 11) is 1.98. The second-order valence-electron chi connectivity index (χ2n) is 6.70. The first-order chi connectivity index (χ1) is 14.0. The largest absolute Gasteiger partial charge is 0.342 e. The Balaban J connectivity index is 1.39. The lowest BCUT2D eigenvalue weighted by Crippen LogP contribution is -2.32. The molecule has 0 aliphatic carbocycles. The Morgan fingerprint density at radius 3 is 2.48 bits per heavy atom. The van der Waals surface area contributed by atoms with E-state index in [4.69, 9.17) is 0 Å². The van der Waals surface area contributed by atoms with Gasteiger partial charge in [-0.2, -0.15) is 0 Å². The fraction of sp³-hybridized carbons (Fsp3) is 0.136. The molecule has 6 nitrogen and oxygen atoms in total. The van der Waals surface area contributed by atoms with E-state index in [1.807, 2.05) is 73.1 Å². The Morgan fingerprint density at radius 2 is 1.79 bits per heavy atom. The topological polar surface area (TPSA) is 76.0 Å². The number of hydrogen-bond acceptors (Lipinski definition) is 4. The molecule has 4 rings (SSSR count). The number of nitrogens with zero attached hydrogens (tertiary/aromatic N) is 2. The molecule has 2 N–H and O–H groups in total. The van der Waals surface area contributed by atoms with Gasteiger partial charge in [-0.3, -0.25) is 9.59 Å². The van der Waals surface area contributed by atoms with Crippen LogP contribution >= 0.6 is 11.3 Å². The van der Waals surface area contributed by atoms with Crippen LogP contribution in [0.1, 0.15) is 14.5 Å². The summed E-state index contributed by atoms with van der Waals surface area (Å²) in [4.78, 5) is 30.5. The Hall–Kier alpha value is -3.45. The lowest BCUT2D eigenvalue weighted by molar-refractivity contribution is -0.115. The van der Waals surface area contributed by atoms with Crippen LogP contribution in [0.15, 0.2) is 60.7 Å². The van der Waals surface area contributed by atoms with Crippen molar-refractivity contribution in [3.8, 4) is 11.4 Å². The van der Waals surface area contributed by atoms with Crippen molar-refractivity contribution in [2.24, 2.45) is 7.05 Å². The fourth-order valence-electron chi connectivity index (χ4n) is 3.12. The van der Waals surface area contributed by atoms with E-state index in [1.165, 1.54) is 11.3 Å². The predicted molar refractivity (Wildman–Crippen MR) is 116 cm³/mol. The zero-order chi connectivity index (χ0) is 20.4. The number of amides is 2. The van der Waals surface area contributed by atoms with E-state index in [1.54, 1.807) is 6.07 Å². The van der Waals surface area contributed by atoms with Gasteiger partial charge in [-0.05, 0) is 55.5 Å². The second-order valence-corrected chi connectivity index (χ2v) is 7.99. The van der Waals surface area contributed by atoms with E-state index in [0.717, 1.165) is 27.3 Å². The van der Waals surface area contributed by atoms with E-state index in [-0.39, 0.29) is 18.4 Å². The minimum atomic E-state index is -0.276. The van der Waals surface area contributed by atoms with Gasteiger partial charge in [0.1, 0.15) is 5.82 Å². The van der Waals surface area contributed by atoms with Gasteiger partial charge in [0.15, 0.2) is 0 Å². The highest BCUT2D eigenvalue weighted by Crippen LogP contribution is 2.24. The van der Waals surface area contributed by atoms with Gasteiger partial charge >= 0.3 is 0 Å². The number of aromatic nitrogens is 2. The SMILES string of the molecule is Cc1ccc(C(=O)NCC(=O)Nc2ccc(-c3nc4ccccc4n3C)cc2)s1. The third kappa shape index (κ3) is 4.05. The average Bonchev–Trinajstić information content (AvgIpc) is 3.31. The van der Waals surface area contributed by atoms with Crippen molar-refractivity contribution in [1.82, 2.24) is 14.9 Å². The van der Waals surface area contributed by atoms with Crippen molar-refractivity contribution in [1.29, 1.82) is 0 Å². The van der Waals surface area contributed by atoms with Crippen molar-refractivity contribution in [2.45, 2.75) is 6.92 Å². The summed E-state index contributed by atoms with van der Waals surface area (Å²) in [5.41, 5.74) is 3.64. The summed E-state index contributed by atoms with van der Waals surface area (Å²) in [6, 6.07) is 19.1. The summed E-state index contributed by atoms with van der Waals surface area (Å²) in [6.07, 6.45) is 0. The Kier molecular flexibility index (Phi) is 5.14. The van der Waals surface area contributed by atoms with Crippen LogP contribution < -0.4 is 10.6 Å². The first-order valence-electron chi connectivity index (χ1n) is 9.17. The number of nitrogens with one attached hydrogen (secondary N) is 2. The number of rotatable bonds is 5. The highest BCUT2D eigenvalue weighted by Gasteiger charge is 2.11. The van der Waals surface area contributed by atoms with Crippen LogP contribution in [0.4, 0.5) is 5.69 Å². The number of thiophene rings is 1. The summed E-state index contributed by atoms with van der Waals surface area (Å²) in [6.45, 7) is 1.85. The van der Waals surface area contributed by atoms with Crippen molar-refractivity contribution >= 4 is 39.9 Å². The van der Waals surface area contributed by atoms with Gasteiger partial charge in [-0.1, -0.05) is 12.1 Å². The maximum absolute atomic E-state index is 12.1. The molecule has 0 bridgehead atoms. The Morgan fingerprint density at radius 1 is 1.03 bits per heavy atom. The summed E-state index contributed by atoms with van der Waals surface area (Å²) < 4.78 is 2.05. The third-order valence-corrected chi connectivity index (χ3v) is 5.59. The monoisotopic (exact) mass is 404 g/mol. The molecular weight excluding hydrogens is 384 g/mol. The number of hydrogen-bond donors (Lipinski definition) is 2. The highest BCUT2D eigenvalue weighted by molar-refractivity contribution is 7.13. The van der Waals surface area contributed by atoms with E-state index < -0.39 is 0 Å². The van der Waals surface area contributed by atoms with E-state index in [9.17, 15) is 9.59 Å². The van der Waals surface area contributed by atoms with Gasteiger partial charge in [-0.25, -0.2) is 4.98 Å². The van der Waals surface area contributed by atoms with Gasteiger partial charge in [0.2, 0.25) is 5.91 Å². The lowest BCUT2D eigenvalue weighted by atomic mass is 10.2. The van der Waals surface area contributed by atoms with Crippen molar-refractivity contribution in [3.05, 3.63) is 70.4 Å². The smallest absolute Gasteiger partial charge is 0.261 e. The van der Waals surface area contributed by atoms with Crippen molar-refractivity contribution in [3.63, 3.8) is 0 Å². The van der Waals surface area contributed by atoms with Gasteiger partial charge in [0, 0.05) is 23.2 Å². The summed E-state index contributed by atoms with van der Waals surface area (Å²) in [5.74, 6) is 0.347. The molecular formula is C22H20N4O2S. The molecule has 0 radical (unpaired) electrons. The molecule has 0 unspecified atom stereocenters. The van der Waals surface area contributed by atoms with Crippen LogP contribution in [-0.4, -0.2) is 27.9 Å². The lowest BCUT2D eigenvalue weighted by Gasteiger charge is -2.08. The van der Waals surface area contributed by atoms with Crippen LogP contribution in [0.25, 0.3) is 22.4 Å². The van der Waals surface area contributed by atoms with Crippen molar-refractivity contribution < 1.29 is 9.59 Å². The number of imidazole rings is 1. The van der Waals surface area contributed by atoms with E-state index in [0.29, 0.717) is 10.6 Å². The highest BCUT2D eigenvalue weighted by atomic mass is 32.1. The Labute approximate surface area is 172 Å². The van der Waals surface area contributed by atoms with E-state index >= 15 is 0 Å². The molecule has 2 heterocycles. The fourth-order valence-corrected chi connectivity index (χ4v) is 3.90. The molecule has 0 atom stereocenters. The van der Waals surface area contributed by atoms with Crippen LogP contribution in [-0.2, 0) is 11.8 Å². The van der Waals surface area contributed by atoms with Gasteiger partial charge in [-0.15, -0.1) is 11.3 Å². The third-order valence-electron chi connectivity index (χ3n) is 4.59. The van der Waals surface area contributed by atoms with Gasteiger partial charge in [0.05, 0.1) is 22.5 Å². The zero-order valence-corrected chi connectivity index (χ0v) is 16.9. The molecule has 0 saturated heterocycles. The van der Waals surface area contributed by atoms with E-state index in [2.05, 4.69) is 15.6 Å². The molecule has 4 aromatic rings. The molecule has 2 aromatic heterocycles. The molecule has 2 amide bonds. The molecule has 2 aromatic carbocycles. The number of aryl methyl sites for hydroxylation is 2. The maximum atomic E-state index is 12.1. The molecule has 0 aliphatic rings. The Bertz CT molecular complexity index is 1190. The second kappa shape index (κ2) is 7.89. The maximum Gasteiger partial charge on any atom is 0.261 e. The van der Waals surface area contributed by atoms with Crippen LogP contribution in [0.3, 0.4) is 0 Å². The molecule has 0 fully saturated rings. The summed E-state index contributed by atoms with van der Waals surface area (Å²) >= 11 is 1.40. The number of para-hydroxylation sites is 2. The molecule has 146 valence electrons. The molecule has 7 heteroatoms. The number of carbonyl (C=O) groups is 2. The van der Waals surface area contributed by atoms with Crippen molar-refractivity contribution in [2.75, 3.05) is 11.9 Å². The number of benzene rings is 2. The number of carbonyl (C=O) groups excluding carboxylic acids is 2. The molecule has 29 heavy (non-hydrogen) atoms. The number of anilines is 1. The molecule has 0 aliphatic heterocycles. The molecule has 0 spiro atoms. The minimum absolute atomic E-state index is 0.0811. The zero-order valence-electron chi connectivity index (χ0n) is 16.1. The average molecular weight is 404 g/mol. The van der Waals surface area contributed by atoms with Crippen LogP contribution in [0.2, 0.25) is 0 Å². The normalized spacial score (nSPS) is 10.8. The molecule has 0 saturated carbocycles. The first kappa shape index (κ1) is 18.9. The standard InChI is InChI=1S/C22H20N4O2S/c1-14-7-12-19(29-14)22(28)23-13-20(27)24-16-10-8-15(9-11-16)21-25-17-5-3-4-6-18(17)26(21)2/h3-12H,13H2,1-2H3,(H,23,28)(H,24,27). The quantitative estimate of drug-likeness (QED) is 0.528. The van der Waals surface area contributed by atoms with Crippen LogP contribution in [0.5, 0.6) is 0 Å². The predicted octanol–water partition coefficient (Wildman–Crippen LogP) is 3.98. The summed E-state index contributed by atoms with van der Waals surface area (Å²) in [5, 5.41) is 5.43. The minimum Gasteiger partial charge on any atom is -0.342 e. The number of fused-ring (bicyclic) bond motifs is 1. The first-order valence-corrected chi connectivity index (χ1v) is 9.99. The van der Waals surface area contributed by atoms with Gasteiger partial charge in [0.25, 0.3) is 5.91 Å². The van der Waals surface area contributed by atoms with Gasteiger partial charge < -0.3 is 15.2 Å². The van der Waals surface area contributed by atoms with Crippen LogP contribution in [0, 0.1) is 6.92 Å².